The van der Waals surface area contributed by atoms with Crippen molar-refractivity contribution in [1.82, 2.24) is 19.7 Å². The monoisotopic (exact) mass is 663 g/mol. The van der Waals surface area contributed by atoms with Crippen LogP contribution in [0.1, 0.15) is 54.7 Å². The molecule has 0 radical (unpaired) electrons. The lowest BCUT2D eigenvalue weighted by atomic mass is 9.90. The van der Waals surface area contributed by atoms with Gasteiger partial charge in [0.1, 0.15) is 6.04 Å². The summed E-state index contributed by atoms with van der Waals surface area (Å²) >= 11 is 0. The number of benzene rings is 4. The van der Waals surface area contributed by atoms with E-state index in [1.807, 2.05) is 93.7 Å². The fraction of sp³-hybridized carbons (Fsp3) is 0.216. The lowest BCUT2D eigenvalue weighted by molar-refractivity contribution is -0.128. The molecule has 3 amide bonds. The number of hydrogen-bond acceptors (Lipinski definition) is 5. The molecular formula is C37H37N5O5S. The predicted octanol–water partition coefficient (Wildman–Crippen LogP) is 5.77. The summed E-state index contributed by atoms with van der Waals surface area (Å²) in [6.07, 6.45) is 0.545. The van der Waals surface area contributed by atoms with E-state index < -0.39 is 28.0 Å². The average molecular weight is 664 g/mol. The first-order valence-corrected chi connectivity index (χ1v) is 17.3. The summed E-state index contributed by atoms with van der Waals surface area (Å²) in [5.74, 6) is -1.60. The minimum Gasteiger partial charge on any atom is -0.343 e. The van der Waals surface area contributed by atoms with E-state index in [-0.39, 0.29) is 22.6 Å². The van der Waals surface area contributed by atoms with Crippen molar-refractivity contribution in [3.8, 4) is 11.3 Å². The molecule has 0 spiro atoms. The zero-order valence-corrected chi connectivity index (χ0v) is 27.9. The highest BCUT2D eigenvalue weighted by atomic mass is 32.2. The fourth-order valence-electron chi connectivity index (χ4n) is 6.62. The van der Waals surface area contributed by atoms with Crippen molar-refractivity contribution in [2.75, 3.05) is 5.32 Å². The van der Waals surface area contributed by atoms with Gasteiger partial charge < -0.3 is 14.8 Å². The molecule has 3 N–H and O–H groups in total. The average Bonchev–Trinajstić information content (AvgIpc) is 3.54. The summed E-state index contributed by atoms with van der Waals surface area (Å²) < 4.78 is 28.6. The van der Waals surface area contributed by atoms with E-state index in [2.05, 4.69) is 20.1 Å². The maximum atomic E-state index is 14.4. The van der Waals surface area contributed by atoms with E-state index in [9.17, 15) is 22.8 Å². The normalized spacial score (nSPS) is 15.6. The van der Waals surface area contributed by atoms with Crippen LogP contribution in [0.15, 0.2) is 108 Å². The highest BCUT2D eigenvalue weighted by Gasteiger charge is 2.47. The quantitative estimate of drug-likeness (QED) is 0.163. The summed E-state index contributed by atoms with van der Waals surface area (Å²) in [4.78, 5) is 43.7. The number of fused-ring (bicyclic) bond motifs is 2. The topological polar surface area (TPSA) is 130 Å². The Hall–Kier alpha value is -5.26. The molecule has 3 unspecified atom stereocenters. The number of amides is 3. The number of carbonyl (C=O) groups is 3. The van der Waals surface area contributed by atoms with Gasteiger partial charge in [0, 0.05) is 41.7 Å². The van der Waals surface area contributed by atoms with E-state index in [4.69, 9.17) is 0 Å². The molecule has 4 aromatic carbocycles. The number of aromatic nitrogens is 1. The molecule has 246 valence electrons. The molecular weight excluding hydrogens is 627 g/mol. The Morgan fingerprint density at radius 1 is 0.875 bits per heavy atom. The van der Waals surface area contributed by atoms with Crippen LogP contribution in [0.5, 0.6) is 0 Å². The van der Waals surface area contributed by atoms with Gasteiger partial charge in [-0.05, 0) is 53.4 Å². The molecule has 5 aromatic rings. The summed E-state index contributed by atoms with van der Waals surface area (Å²) in [5.41, 5.74) is 7.87. The van der Waals surface area contributed by atoms with Crippen molar-refractivity contribution in [2.45, 2.75) is 44.2 Å². The van der Waals surface area contributed by atoms with E-state index in [1.165, 1.54) is 31.2 Å². The predicted molar refractivity (Wildman–Crippen MR) is 185 cm³/mol. The van der Waals surface area contributed by atoms with Crippen LogP contribution >= 0.6 is 0 Å². The van der Waals surface area contributed by atoms with E-state index in [1.54, 1.807) is 11.0 Å². The molecule has 0 saturated carbocycles. The van der Waals surface area contributed by atoms with E-state index >= 15 is 0 Å². The fourth-order valence-corrected chi connectivity index (χ4v) is 7.46. The molecule has 0 aliphatic carbocycles. The Morgan fingerprint density at radius 2 is 1.52 bits per heavy atom. The van der Waals surface area contributed by atoms with Gasteiger partial charge in [0.15, 0.2) is 0 Å². The van der Waals surface area contributed by atoms with Gasteiger partial charge in [-0.1, -0.05) is 87.0 Å². The number of para-hydroxylation sites is 1. The zero-order chi connectivity index (χ0) is 34.2. The number of hydrogen-bond donors (Lipinski definition) is 3. The second-order valence-corrected chi connectivity index (χ2v) is 13.7. The van der Waals surface area contributed by atoms with Crippen molar-refractivity contribution < 1.29 is 22.8 Å². The second kappa shape index (κ2) is 13.1. The van der Waals surface area contributed by atoms with E-state index in [0.29, 0.717) is 17.7 Å². The Labute approximate surface area is 279 Å². The zero-order valence-electron chi connectivity index (χ0n) is 27.1. The molecule has 6 rings (SSSR count). The summed E-state index contributed by atoms with van der Waals surface area (Å²) in [6, 6.07) is 29.2. The summed E-state index contributed by atoms with van der Waals surface area (Å²) in [6.45, 7) is 5.17. The van der Waals surface area contributed by atoms with Crippen LogP contribution < -0.4 is 15.6 Å². The first kappa shape index (κ1) is 32.7. The third kappa shape index (κ3) is 5.86. The largest absolute Gasteiger partial charge is 0.343 e. The summed E-state index contributed by atoms with van der Waals surface area (Å²) in [7, 11) is -2.19. The minimum atomic E-state index is -4.19. The first-order chi connectivity index (χ1) is 23.0. The molecule has 0 bridgehead atoms. The number of rotatable bonds is 10. The van der Waals surface area contributed by atoms with Crippen molar-refractivity contribution in [3.05, 3.63) is 120 Å². The van der Waals surface area contributed by atoms with Gasteiger partial charge in [-0.15, -0.1) is 4.83 Å². The summed E-state index contributed by atoms with van der Waals surface area (Å²) in [5, 5.41) is 3.54. The van der Waals surface area contributed by atoms with Gasteiger partial charge in [-0.2, -0.15) is 0 Å². The van der Waals surface area contributed by atoms with Crippen LogP contribution in [0.4, 0.5) is 5.69 Å². The van der Waals surface area contributed by atoms with Gasteiger partial charge in [0.2, 0.25) is 5.91 Å². The number of sulfonamides is 1. The second-order valence-electron chi connectivity index (χ2n) is 12.0. The van der Waals surface area contributed by atoms with Crippen LogP contribution in [0.2, 0.25) is 0 Å². The van der Waals surface area contributed by atoms with Crippen LogP contribution in [0, 0.1) is 5.92 Å². The van der Waals surface area contributed by atoms with Gasteiger partial charge in [0.25, 0.3) is 21.8 Å². The number of nitrogens with one attached hydrogen (secondary N) is 3. The van der Waals surface area contributed by atoms with Crippen LogP contribution in [0.25, 0.3) is 22.2 Å². The Bertz CT molecular complexity index is 2130. The van der Waals surface area contributed by atoms with Crippen LogP contribution in [-0.4, -0.2) is 41.6 Å². The molecule has 1 aliphatic heterocycles. The number of nitrogens with zero attached hydrogens (tertiary/aromatic N) is 2. The molecule has 11 heteroatoms. The van der Waals surface area contributed by atoms with Crippen molar-refractivity contribution in [1.29, 1.82) is 0 Å². The van der Waals surface area contributed by atoms with Gasteiger partial charge in [-0.25, -0.2) is 8.42 Å². The lowest BCUT2D eigenvalue weighted by Crippen LogP contribution is -2.55. The molecule has 3 atom stereocenters. The Kier molecular flexibility index (Phi) is 8.91. The molecule has 1 aliphatic rings. The SMILES string of the molecule is CCC(C)C(C(=O)NNS(=O)(=O)c1ccc(NC(C)=O)cc1)N1C(=O)c2ccccc2C1c1c(-c2ccccc2)n(C)c2ccccc12. The van der Waals surface area contributed by atoms with Crippen molar-refractivity contribution in [3.63, 3.8) is 0 Å². The molecule has 0 saturated heterocycles. The van der Waals surface area contributed by atoms with Crippen LogP contribution in [0.3, 0.4) is 0 Å². The maximum absolute atomic E-state index is 14.4. The molecule has 48 heavy (non-hydrogen) atoms. The van der Waals surface area contributed by atoms with Crippen LogP contribution in [-0.2, 0) is 26.7 Å². The van der Waals surface area contributed by atoms with Gasteiger partial charge in [-0.3, -0.25) is 19.8 Å². The first-order valence-electron chi connectivity index (χ1n) is 15.8. The minimum absolute atomic E-state index is 0.109. The number of anilines is 1. The standard InChI is InChI=1S/C37H37N5O5S/c1-5-23(2)33(36(44)39-40-48(46,47)27-21-19-26(20-22-27)38-24(3)43)42-35(28-15-9-10-16-29(28)37(42)45)32-30-17-11-12-18-31(30)41(4)34(32)25-13-7-6-8-14-25/h6-23,33,35,40H,5H2,1-4H3,(H,38,43)(H,39,44). The Balaban J connectivity index is 1.43. The van der Waals surface area contributed by atoms with Gasteiger partial charge >= 0.3 is 0 Å². The van der Waals surface area contributed by atoms with E-state index in [0.717, 1.165) is 33.3 Å². The number of aryl methyl sites for hydroxylation is 1. The number of hydrazine groups is 1. The molecule has 2 heterocycles. The maximum Gasteiger partial charge on any atom is 0.258 e. The smallest absolute Gasteiger partial charge is 0.258 e. The van der Waals surface area contributed by atoms with Crippen molar-refractivity contribution >= 4 is 44.3 Å². The highest BCUT2D eigenvalue weighted by molar-refractivity contribution is 7.89. The van der Waals surface area contributed by atoms with Crippen molar-refractivity contribution in [2.24, 2.45) is 13.0 Å². The third-order valence-electron chi connectivity index (χ3n) is 9.01. The van der Waals surface area contributed by atoms with Gasteiger partial charge in [0.05, 0.1) is 16.6 Å². The third-order valence-corrected chi connectivity index (χ3v) is 10.3. The highest BCUT2D eigenvalue weighted by Crippen LogP contribution is 2.48. The lowest BCUT2D eigenvalue weighted by Gasteiger charge is -2.36. The number of carbonyl (C=O) groups excluding carboxylic acids is 3. The Morgan fingerprint density at radius 3 is 2.21 bits per heavy atom. The molecule has 1 aromatic heterocycles. The molecule has 10 nitrogen and oxygen atoms in total. The molecule has 0 fully saturated rings.